The first-order chi connectivity index (χ1) is 5.88. The molecule has 0 fully saturated rings. The number of allylic oxidation sites excluding steroid dienone is 1. The second-order valence-electron chi connectivity index (χ2n) is 2.74. The van der Waals surface area contributed by atoms with Crippen LogP contribution in [0.1, 0.15) is 12.5 Å². The van der Waals surface area contributed by atoms with Crippen LogP contribution in [0.3, 0.4) is 0 Å². The average molecular weight is 157 g/mol. The van der Waals surface area contributed by atoms with Crippen molar-refractivity contribution in [2.24, 2.45) is 5.10 Å². The van der Waals surface area contributed by atoms with Gasteiger partial charge in [-0.3, -0.25) is 0 Å². The van der Waals surface area contributed by atoms with Crippen LogP contribution in [0.4, 0.5) is 0 Å². The van der Waals surface area contributed by atoms with Gasteiger partial charge in [-0.1, -0.05) is 30.3 Å². The van der Waals surface area contributed by atoms with Crippen LogP contribution in [0.15, 0.2) is 47.2 Å². The van der Waals surface area contributed by atoms with Crippen LogP contribution in [0.25, 0.3) is 0 Å². The first-order valence-corrected chi connectivity index (χ1v) is 3.88. The summed E-state index contributed by atoms with van der Waals surface area (Å²) < 4.78 is 0. The number of nitrogens with zero attached hydrogens (tertiary/aromatic N) is 2. The van der Waals surface area contributed by atoms with E-state index in [1.165, 1.54) is 0 Å². The Bertz CT molecular complexity index is 336. The van der Waals surface area contributed by atoms with Gasteiger partial charge >= 0.3 is 0 Å². The second kappa shape index (κ2) is 2.81. The molecule has 2 heteroatoms. The zero-order valence-corrected chi connectivity index (χ0v) is 6.86. The second-order valence-corrected chi connectivity index (χ2v) is 2.74. The molecule has 0 aromatic heterocycles. The molecule has 59 valence electrons. The lowest BCUT2D eigenvalue weighted by Gasteiger charge is -1.98. The van der Waals surface area contributed by atoms with Crippen molar-refractivity contribution in [2.75, 3.05) is 0 Å². The molecule has 0 bridgehead atoms. The van der Waals surface area contributed by atoms with Crippen molar-refractivity contribution < 1.29 is 0 Å². The van der Waals surface area contributed by atoms with E-state index in [0.717, 1.165) is 16.8 Å². The fraction of sp³-hybridized carbons (Fsp3) is 0.100. The fourth-order valence-electron chi connectivity index (χ4n) is 1.19. The zero-order chi connectivity index (χ0) is 8.39. The third kappa shape index (κ3) is 1.11. The molecule has 0 aliphatic carbocycles. The highest BCUT2D eigenvalue weighted by molar-refractivity contribution is 6.12. The van der Waals surface area contributed by atoms with Crippen molar-refractivity contribution in [3.8, 4) is 0 Å². The molecule has 0 unspecified atom stereocenters. The van der Waals surface area contributed by atoms with E-state index in [-0.39, 0.29) is 0 Å². The molecule has 2 rings (SSSR count). The molecule has 0 spiro atoms. The van der Waals surface area contributed by atoms with Crippen LogP contribution in [0.5, 0.6) is 0 Å². The van der Waals surface area contributed by atoms with Gasteiger partial charge in [-0.15, -0.1) is 0 Å². The Labute approximate surface area is 71.6 Å². The molecular formula is C10H9N2. The van der Waals surface area contributed by atoms with Gasteiger partial charge in [-0.05, 0) is 12.5 Å². The predicted octanol–water partition coefficient (Wildman–Crippen LogP) is 1.91. The molecule has 0 atom stereocenters. The van der Waals surface area contributed by atoms with Crippen LogP contribution in [0.2, 0.25) is 0 Å². The quantitative estimate of drug-likeness (QED) is 0.595. The van der Waals surface area contributed by atoms with E-state index in [1.807, 2.05) is 37.3 Å². The fourth-order valence-corrected chi connectivity index (χ4v) is 1.19. The van der Waals surface area contributed by atoms with Gasteiger partial charge in [-0.2, -0.15) is 10.5 Å². The van der Waals surface area contributed by atoms with Crippen LogP contribution < -0.4 is 5.43 Å². The lowest BCUT2D eigenvalue weighted by Crippen LogP contribution is -1.98. The van der Waals surface area contributed by atoms with Gasteiger partial charge in [0.1, 0.15) is 0 Å². The summed E-state index contributed by atoms with van der Waals surface area (Å²) in [5, 5.41) is 4.04. The molecule has 0 N–H and O–H groups in total. The maximum Gasteiger partial charge on any atom is 0.0974 e. The molecule has 0 saturated heterocycles. The summed E-state index contributed by atoms with van der Waals surface area (Å²) >= 11 is 0. The molecule has 12 heavy (non-hydrogen) atoms. The average Bonchev–Trinajstić information content (AvgIpc) is 2.53. The lowest BCUT2D eigenvalue weighted by atomic mass is 10.1. The normalized spacial score (nSPS) is 15.1. The van der Waals surface area contributed by atoms with E-state index in [9.17, 15) is 0 Å². The van der Waals surface area contributed by atoms with Crippen molar-refractivity contribution in [1.29, 1.82) is 0 Å². The Morgan fingerprint density at radius 3 is 2.42 bits per heavy atom. The minimum atomic E-state index is 0.982. The summed E-state index contributed by atoms with van der Waals surface area (Å²) in [6.45, 7) is 2.02. The summed E-state index contributed by atoms with van der Waals surface area (Å²) in [7, 11) is 0. The Balaban J connectivity index is 2.39. The number of hydrogen-bond acceptors (Lipinski definition) is 1. The molecule has 1 aliphatic rings. The first kappa shape index (κ1) is 7.10. The van der Waals surface area contributed by atoms with Crippen molar-refractivity contribution in [3.63, 3.8) is 0 Å². The number of hydrogen-bond donors (Lipinski definition) is 0. The van der Waals surface area contributed by atoms with Gasteiger partial charge < -0.3 is 0 Å². The summed E-state index contributed by atoms with van der Waals surface area (Å²) in [6, 6.07) is 10.1. The van der Waals surface area contributed by atoms with Gasteiger partial charge in [-0.25, -0.2) is 0 Å². The minimum absolute atomic E-state index is 0.982. The summed E-state index contributed by atoms with van der Waals surface area (Å²) in [4.78, 5) is 0. The minimum Gasteiger partial charge on any atom is -0.158 e. The molecule has 1 aliphatic heterocycles. The SMILES string of the molecule is CC1=C[N]N=C1c1ccccc1. The van der Waals surface area contributed by atoms with Gasteiger partial charge in [0.25, 0.3) is 0 Å². The molecule has 1 aromatic rings. The van der Waals surface area contributed by atoms with Gasteiger partial charge in [0.2, 0.25) is 0 Å². The van der Waals surface area contributed by atoms with E-state index in [0.29, 0.717) is 0 Å². The highest BCUT2D eigenvalue weighted by Gasteiger charge is 2.09. The van der Waals surface area contributed by atoms with Crippen molar-refractivity contribution >= 4 is 5.71 Å². The van der Waals surface area contributed by atoms with Crippen LogP contribution in [0, 0.1) is 0 Å². The third-order valence-corrected chi connectivity index (χ3v) is 1.83. The number of benzene rings is 1. The molecule has 1 heterocycles. The lowest BCUT2D eigenvalue weighted by molar-refractivity contribution is 0.970. The van der Waals surface area contributed by atoms with Crippen LogP contribution in [-0.2, 0) is 0 Å². The Morgan fingerprint density at radius 2 is 1.83 bits per heavy atom. The van der Waals surface area contributed by atoms with Crippen molar-refractivity contribution in [2.45, 2.75) is 6.92 Å². The van der Waals surface area contributed by atoms with E-state index in [2.05, 4.69) is 10.5 Å². The topological polar surface area (TPSA) is 26.5 Å². The maximum absolute atomic E-state index is 4.04. The highest BCUT2D eigenvalue weighted by atomic mass is 15.3. The first-order valence-electron chi connectivity index (χ1n) is 3.88. The summed E-state index contributed by atoms with van der Waals surface area (Å²) in [5.74, 6) is 0. The van der Waals surface area contributed by atoms with Crippen molar-refractivity contribution in [3.05, 3.63) is 47.7 Å². The van der Waals surface area contributed by atoms with Gasteiger partial charge in [0, 0.05) is 5.56 Å². The van der Waals surface area contributed by atoms with Crippen LogP contribution in [-0.4, -0.2) is 5.71 Å². The van der Waals surface area contributed by atoms with Gasteiger partial charge in [0.05, 0.1) is 11.9 Å². The Hall–Kier alpha value is -1.57. The van der Waals surface area contributed by atoms with E-state index < -0.39 is 0 Å². The summed E-state index contributed by atoms with van der Waals surface area (Å²) in [5.41, 5.74) is 7.09. The molecule has 0 amide bonds. The Kier molecular flexibility index (Phi) is 1.67. The maximum atomic E-state index is 4.04. The molecule has 1 radical (unpaired) electrons. The van der Waals surface area contributed by atoms with Crippen molar-refractivity contribution in [1.82, 2.24) is 5.43 Å². The van der Waals surface area contributed by atoms with Crippen LogP contribution >= 0.6 is 0 Å². The largest absolute Gasteiger partial charge is 0.158 e. The Morgan fingerprint density at radius 1 is 1.08 bits per heavy atom. The molecular weight excluding hydrogens is 148 g/mol. The molecule has 2 nitrogen and oxygen atoms in total. The number of rotatable bonds is 1. The third-order valence-electron chi connectivity index (χ3n) is 1.83. The standard InChI is InChI=1S/C10H9N2/c1-8-7-11-12-10(8)9-5-3-2-4-6-9/h2-7H,1H3. The van der Waals surface area contributed by atoms with E-state index in [4.69, 9.17) is 0 Å². The van der Waals surface area contributed by atoms with E-state index in [1.54, 1.807) is 6.20 Å². The zero-order valence-electron chi connectivity index (χ0n) is 6.86. The predicted molar refractivity (Wildman–Crippen MR) is 48.9 cm³/mol. The van der Waals surface area contributed by atoms with E-state index >= 15 is 0 Å². The molecule has 1 aromatic carbocycles. The highest BCUT2D eigenvalue weighted by Crippen LogP contribution is 2.11. The summed E-state index contributed by atoms with van der Waals surface area (Å²) in [6.07, 6.45) is 1.78. The monoisotopic (exact) mass is 157 g/mol. The smallest absolute Gasteiger partial charge is 0.0974 e. The van der Waals surface area contributed by atoms with Gasteiger partial charge in [0.15, 0.2) is 0 Å². The molecule has 0 saturated carbocycles.